The van der Waals surface area contributed by atoms with Crippen LogP contribution in [0.25, 0.3) is 0 Å². The van der Waals surface area contributed by atoms with Crippen molar-refractivity contribution in [2.75, 3.05) is 13.2 Å². The minimum Gasteiger partial charge on any atom is -0.392 e. The summed E-state index contributed by atoms with van der Waals surface area (Å²) < 4.78 is 12.7. The molecule has 0 saturated heterocycles. The predicted molar refractivity (Wildman–Crippen MR) is 44.8 cm³/mol. The second kappa shape index (κ2) is 4.96. The minimum absolute atomic E-state index is 0.00965. The molecule has 5 heteroatoms. The predicted octanol–water partition coefficient (Wildman–Crippen LogP) is 0.448. The van der Waals surface area contributed by atoms with E-state index < -0.39 is 11.7 Å². The lowest BCUT2D eigenvalue weighted by molar-refractivity contribution is 0.140. The molecule has 2 N–H and O–H groups in total. The van der Waals surface area contributed by atoms with Crippen molar-refractivity contribution in [3.63, 3.8) is 0 Å². The average Bonchev–Trinajstić information content (AvgIpc) is 2.00. The van der Waals surface area contributed by atoms with Gasteiger partial charge in [-0.3, -0.25) is 0 Å². The van der Waals surface area contributed by atoms with Crippen LogP contribution in [0.3, 0.4) is 0 Å². The Kier molecular flexibility index (Phi) is 5.05. The minimum atomic E-state index is -2.07. The highest BCUT2D eigenvalue weighted by Gasteiger charge is 2.24. The highest BCUT2D eigenvalue weighted by molar-refractivity contribution is 6.23. The van der Waals surface area contributed by atoms with Gasteiger partial charge < -0.3 is 10.4 Å². The van der Waals surface area contributed by atoms with Gasteiger partial charge in [0.15, 0.2) is 0 Å². The van der Waals surface area contributed by atoms with Crippen LogP contribution in [-0.4, -0.2) is 37.3 Å². The topological polar surface area (TPSA) is 32.3 Å². The molecule has 0 aromatic rings. The Balaban J connectivity index is 3.52. The SMILES string of the molecule is [B]CC(C)NCC(F)(Cl)CO. The van der Waals surface area contributed by atoms with Crippen molar-refractivity contribution in [3.05, 3.63) is 0 Å². The van der Waals surface area contributed by atoms with E-state index in [1.165, 1.54) is 0 Å². The highest BCUT2D eigenvalue weighted by Crippen LogP contribution is 2.14. The second-order valence-corrected chi connectivity index (χ2v) is 3.21. The van der Waals surface area contributed by atoms with Gasteiger partial charge in [-0.1, -0.05) is 24.8 Å². The normalized spacial score (nSPS) is 19.3. The molecule has 0 aromatic carbocycles. The van der Waals surface area contributed by atoms with E-state index >= 15 is 0 Å². The monoisotopic (exact) mass is 179 g/mol. The van der Waals surface area contributed by atoms with Crippen LogP contribution in [0.2, 0.25) is 6.32 Å². The number of aliphatic hydroxyl groups is 1. The zero-order valence-corrected chi connectivity index (χ0v) is 7.24. The maximum absolute atomic E-state index is 12.7. The summed E-state index contributed by atoms with van der Waals surface area (Å²) in [5.74, 6) is 0. The molecule has 0 bridgehead atoms. The van der Waals surface area contributed by atoms with E-state index in [4.69, 9.17) is 24.6 Å². The molecule has 0 heterocycles. The molecule has 2 unspecified atom stereocenters. The lowest BCUT2D eigenvalue weighted by Crippen LogP contribution is -2.39. The Labute approximate surface area is 72.5 Å². The molecule has 0 amide bonds. The van der Waals surface area contributed by atoms with Crippen molar-refractivity contribution in [1.29, 1.82) is 0 Å². The summed E-state index contributed by atoms with van der Waals surface area (Å²) in [5.41, 5.74) is 0. The smallest absolute Gasteiger partial charge is 0.218 e. The summed E-state index contributed by atoms with van der Waals surface area (Å²) in [4.78, 5) is 0. The molecule has 0 saturated carbocycles. The van der Waals surface area contributed by atoms with Crippen LogP contribution in [0.1, 0.15) is 6.92 Å². The molecule has 0 rings (SSSR count). The Morgan fingerprint density at radius 3 is 2.73 bits per heavy atom. The number of rotatable bonds is 5. The maximum Gasteiger partial charge on any atom is 0.218 e. The van der Waals surface area contributed by atoms with Gasteiger partial charge in [0, 0.05) is 6.54 Å². The molecule has 0 aliphatic carbocycles. The van der Waals surface area contributed by atoms with E-state index in [1.807, 2.05) is 6.92 Å². The first-order valence-corrected chi connectivity index (χ1v) is 3.82. The number of halogens is 2. The molecule has 2 atom stereocenters. The fourth-order valence-electron chi connectivity index (χ4n) is 0.463. The standard InChI is InChI=1S/C6H12BClFNO/c1-5(2-7)10-3-6(8,9)4-11/h5,10-11H,2-4H2,1H3. The van der Waals surface area contributed by atoms with Gasteiger partial charge >= 0.3 is 0 Å². The van der Waals surface area contributed by atoms with E-state index in [2.05, 4.69) is 5.32 Å². The molecule has 64 valence electrons. The van der Waals surface area contributed by atoms with Gasteiger partial charge in [-0.15, -0.1) is 0 Å². The molecule has 0 aliphatic heterocycles. The van der Waals surface area contributed by atoms with Crippen molar-refractivity contribution < 1.29 is 9.50 Å². The molecule has 0 fully saturated rings. The van der Waals surface area contributed by atoms with Gasteiger partial charge in [0.1, 0.15) is 0 Å². The van der Waals surface area contributed by atoms with Crippen molar-refractivity contribution in [2.24, 2.45) is 0 Å². The first kappa shape index (κ1) is 11.2. The fraction of sp³-hybridized carbons (Fsp3) is 1.00. The number of aliphatic hydroxyl groups excluding tert-OH is 1. The second-order valence-electron chi connectivity index (χ2n) is 2.53. The van der Waals surface area contributed by atoms with Gasteiger partial charge in [0.05, 0.1) is 14.5 Å². The first-order valence-electron chi connectivity index (χ1n) is 3.44. The Morgan fingerprint density at radius 2 is 2.36 bits per heavy atom. The van der Waals surface area contributed by atoms with Crippen molar-refractivity contribution >= 4 is 19.4 Å². The van der Waals surface area contributed by atoms with Crippen molar-refractivity contribution in [1.82, 2.24) is 5.32 Å². The van der Waals surface area contributed by atoms with Crippen LogP contribution in [0.15, 0.2) is 0 Å². The van der Waals surface area contributed by atoms with Crippen molar-refractivity contribution in [2.45, 2.75) is 24.4 Å². The van der Waals surface area contributed by atoms with Gasteiger partial charge in [0.25, 0.3) is 0 Å². The maximum atomic E-state index is 12.7. The summed E-state index contributed by atoms with van der Waals surface area (Å²) >= 11 is 5.20. The zero-order chi connectivity index (χ0) is 8.91. The summed E-state index contributed by atoms with van der Waals surface area (Å²) in [6.45, 7) is 1.02. The van der Waals surface area contributed by atoms with E-state index in [1.54, 1.807) is 0 Å². The fourth-order valence-corrected chi connectivity index (χ4v) is 0.540. The third kappa shape index (κ3) is 5.47. The molecule has 0 aliphatic rings. The van der Waals surface area contributed by atoms with Crippen LogP contribution in [-0.2, 0) is 0 Å². The number of hydrogen-bond donors (Lipinski definition) is 2. The third-order valence-electron chi connectivity index (χ3n) is 1.29. The Hall–Kier alpha value is 0.205. The molecule has 0 aromatic heterocycles. The zero-order valence-electron chi connectivity index (χ0n) is 6.48. The van der Waals surface area contributed by atoms with Crippen LogP contribution in [0.4, 0.5) is 4.39 Å². The van der Waals surface area contributed by atoms with Gasteiger partial charge in [-0.2, -0.15) is 0 Å². The summed E-state index contributed by atoms with van der Waals surface area (Å²) in [6, 6.07) is 0.00965. The van der Waals surface area contributed by atoms with Crippen LogP contribution >= 0.6 is 11.6 Å². The summed E-state index contributed by atoms with van der Waals surface area (Å²) in [6.07, 6.45) is 0.415. The van der Waals surface area contributed by atoms with E-state index in [-0.39, 0.29) is 12.6 Å². The summed E-state index contributed by atoms with van der Waals surface area (Å²) in [7, 11) is 5.25. The van der Waals surface area contributed by atoms with E-state index in [0.717, 1.165) is 0 Å². The lowest BCUT2D eigenvalue weighted by Gasteiger charge is -2.18. The molecular weight excluding hydrogens is 167 g/mol. The van der Waals surface area contributed by atoms with Crippen LogP contribution in [0.5, 0.6) is 0 Å². The van der Waals surface area contributed by atoms with E-state index in [9.17, 15) is 4.39 Å². The van der Waals surface area contributed by atoms with Crippen molar-refractivity contribution in [3.8, 4) is 0 Å². The Bertz CT molecular complexity index is 115. The number of hydrogen-bond acceptors (Lipinski definition) is 2. The first-order chi connectivity index (χ1) is 5.02. The highest BCUT2D eigenvalue weighted by atomic mass is 35.5. The van der Waals surface area contributed by atoms with Gasteiger partial charge in [-0.05, 0) is 6.04 Å². The summed E-state index contributed by atoms with van der Waals surface area (Å²) in [5, 5.41) is 9.07. The molecule has 2 nitrogen and oxygen atoms in total. The quantitative estimate of drug-likeness (QED) is 0.474. The largest absolute Gasteiger partial charge is 0.392 e. The number of nitrogens with one attached hydrogen (secondary N) is 1. The van der Waals surface area contributed by atoms with Gasteiger partial charge in [0.2, 0.25) is 5.13 Å². The number of alkyl halides is 2. The molecule has 0 spiro atoms. The van der Waals surface area contributed by atoms with Crippen LogP contribution < -0.4 is 5.32 Å². The van der Waals surface area contributed by atoms with E-state index in [0.29, 0.717) is 6.32 Å². The molecule has 11 heavy (non-hydrogen) atoms. The van der Waals surface area contributed by atoms with Gasteiger partial charge in [-0.25, -0.2) is 4.39 Å². The lowest BCUT2D eigenvalue weighted by atomic mass is 9.99. The molecular formula is C6H12BClFNO. The molecule has 2 radical (unpaired) electrons. The van der Waals surface area contributed by atoms with Crippen LogP contribution in [0, 0.1) is 0 Å². The Morgan fingerprint density at radius 1 is 1.82 bits per heavy atom. The average molecular weight is 179 g/mol. The third-order valence-corrected chi connectivity index (χ3v) is 1.55.